The number of nitrogens with zero attached hydrogens (tertiary/aromatic N) is 2. The highest BCUT2D eigenvalue weighted by Crippen LogP contribution is 2.28. The summed E-state index contributed by atoms with van der Waals surface area (Å²) >= 11 is 15.2. The van der Waals surface area contributed by atoms with E-state index in [1.807, 2.05) is 47.8 Å². The van der Waals surface area contributed by atoms with Crippen molar-refractivity contribution in [1.29, 1.82) is 0 Å². The van der Waals surface area contributed by atoms with Crippen LogP contribution in [0.4, 0.5) is 0 Å². The summed E-state index contributed by atoms with van der Waals surface area (Å²) in [6.07, 6.45) is 0. The molecule has 0 aliphatic heterocycles. The fourth-order valence-electron chi connectivity index (χ4n) is 1.74. The van der Waals surface area contributed by atoms with Gasteiger partial charge in [-0.25, -0.2) is 0 Å². The first kappa shape index (κ1) is 14.9. The number of hydrogen-bond donors (Lipinski definition) is 0. The molecule has 1 aromatic carbocycles. The van der Waals surface area contributed by atoms with Crippen LogP contribution in [0.3, 0.4) is 0 Å². The smallest absolute Gasteiger partial charge is 0.119 e. The fourth-order valence-corrected chi connectivity index (χ4v) is 3.51. The molecule has 3 rings (SSSR count). The summed E-state index contributed by atoms with van der Waals surface area (Å²) < 4.78 is 0. The molecule has 3 aromatic rings. The van der Waals surface area contributed by atoms with Gasteiger partial charge in [-0.1, -0.05) is 47.1 Å². The first-order valence-electron chi connectivity index (χ1n) is 6.17. The van der Waals surface area contributed by atoms with Crippen molar-refractivity contribution in [3.8, 4) is 10.6 Å². The Hall–Kier alpha value is -1.07. The van der Waals surface area contributed by atoms with E-state index in [1.54, 1.807) is 23.1 Å². The van der Waals surface area contributed by atoms with E-state index >= 15 is 0 Å². The number of benzene rings is 1. The van der Waals surface area contributed by atoms with Crippen LogP contribution in [0, 0.1) is 0 Å². The molecule has 106 valence electrons. The van der Waals surface area contributed by atoms with Crippen LogP contribution in [0.1, 0.15) is 5.56 Å². The zero-order valence-corrected chi connectivity index (χ0v) is 13.9. The quantitative estimate of drug-likeness (QED) is 0.554. The topological polar surface area (TPSA) is 25.8 Å². The minimum absolute atomic E-state index is 0.575. The van der Waals surface area contributed by atoms with Crippen molar-refractivity contribution < 1.29 is 0 Å². The number of halogens is 2. The summed E-state index contributed by atoms with van der Waals surface area (Å²) in [6, 6.07) is 13.7. The van der Waals surface area contributed by atoms with Gasteiger partial charge in [0.15, 0.2) is 0 Å². The van der Waals surface area contributed by atoms with Gasteiger partial charge in [-0.05, 0) is 41.3 Å². The molecule has 0 aliphatic carbocycles. The molecular formula is C15H10Cl2N2S2. The molecule has 0 saturated carbocycles. The molecule has 0 bridgehead atoms. The first-order valence-corrected chi connectivity index (χ1v) is 8.79. The van der Waals surface area contributed by atoms with E-state index in [1.165, 1.54) is 0 Å². The molecule has 0 saturated heterocycles. The van der Waals surface area contributed by atoms with E-state index in [0.29, 0.717) is 10.0 Å². The lowest BCUT2D eigenvalue weighted by Gasteiger charge is -2.03. The highest BCUT2D eigenvalue weighted by atomic mass is 35.5. The van der Waals surface area contributed by atoms with Gasteiger partial charge in [0, 0.05) is 5.75 Å². The molecule has 2 heterocycles. The van der Waals surface area contributed by atoms with Crippen molar-refractivity contribution in [1.82, 2.24) is 10.2 Å². The average molecular weight is 353 g/mol. The van der Waals surface area contributed by atoms with E-state index < -0.39 is 0 Å². The number of thioether (sulfide) groups is 1. The molecule has 2 nitrogen and oxygen atoms in total. The van der Waals surface area contributed by atoms with E-state index in [4.69, 9.17) is 23.2 Å². The predicted octanol–water partition coefficient (Wildman–Crippen LogP) is 5.80. The highest BCUT2D eigenvalue weighted by Gasteiger charge is 2.04. The second kappa shape index (κ2) is 6.79. The Morgan fingerprint density at radius 3 is 2.57 bits per heavy atom. The largest absolute Gasteiger partial charge is 0.149 e. The predicted molar refractivity (Wildman–Crippen MR) is 91.4 cm³/mol. The second-order valence-electron chi connectivity index (χ2n) is 4.27. The van der Waals surface area contributed by atoms with Crippen LogP contribution in [-0.4, -0.2) is 10.2 Å². The van der Waals surface area contributed by atoms with Crippen LogP contribution in [0.5, 0.6) is 0 Å². The highest BCUT2D eigenvalue weighted by molar-refractivity contribution is 7.98. The zero-order chi connectivity index (χ0) is 14.7. The molecule has 2 aromatic heterocycles. The summed E-state index contributed by atoms with van der Waals surface area (Å²) in [5.41, 5.74) is 2.02. The summed E-state index contributed by atoms with van der Waals surface area (Å²) in [5.74, 6) is 0.782. The molecule has 0 atom stereocenters. The Labute approximate surface area is 141 Å². The van der Waals surface area contributed by atoms with Crippen molar-refractivity contribution in [2.75, 3.05) is 0 Å². The SMILES string of the molecule is Clc1ccc(CSc2ccc(-c3cccs3)nn2)cc1Cl. The average Bonchev–Trinajstić information content (AvgIpc) is 3.03. The molecule has 0 amide bonds. The molecule has 0 spiro atoms. The van der Waals surface area contributed by atoms with Gasteiger partial charge in [0.2, 0.25) is 0 Å². The number of rotatable bonds is 4. The summed E-state index contributed by atoms with van der Waals surface area (Å²) in [4.78, 5) is 1.13. The molecule has 6 heteroatoms. The lowest BCUT2D eigenvalue weighted by atomic mass is 10.2. The van der Waals surface area contributed by atoms with Gasteiger partial charge >= 0.3 is 0 Å². The Balaban J connectivity index is 1.66. The van der Waals surface area contributed by atoms with Crippen LogP contribution in [0.15, 0.2) is 52.9 Å². The van der Waals surface area contributed by atoms with Gasteiger partial charge in [-0.3, -0.25) is 0 Å². The number of hydrogen-bond acceptors (Lipinski definition) is 4. The summed E-state index contributed by atoms with van der Waals surface area (Å²) in [7, 11) is 0. The molecular weight excluding hydrogens is 343 g/mol. The van der Waals surface area contributed by atoms with Gasteiger partial charge in [-0.15, -0.1) is 21.5 Å². The maximum absolute atomic E-state index is 6.01. The van der Waals surface area contributed by atoms with Crippen LogP contribution in [0.2, 0.25) is 10.0 Å². The van der Waals surface area contributed by atoms with Crippen LogP contribution >= 0.6 is 46.3 Å². The van der Waals surface area contributed by atoms with Gasteiger partial charge in [0.25, 0.3) is 0 Å². The van der Waals surface area contributed by atoms with Crippen LogP contribution < -0.4 is 0 Å². The third-order valence-electron chi connectivity index (χ3n) is 2.78. The minimum atomic E-state index is 0.575. The van der Waals surface area contributed by atoms with E-state index in [9.17, 15) is 0 Å². The maximum Gasteiger partial charge on any atom is 0.119 e. The Morgan fingerprint density at radius 2 is 1.90 bits per heavy atom. The van der Waals surface area contributed by atoms with Crippen LogP contribution in [0.25, 0.3) is 10.6 Å². The number of aromatic nitrogens is 2. The van der Waals surface area contributed by atoms with E-state index in [0.717, 1.165) is 26.9 Å². The Morgan fingerprint density at radius 1 is 1.00 bits per heavy atom. The third-order valence-corrected chi connectivity index (χ3v) is 5.41. The van der Waals surface area contributed by atoms with Gasteiger partial charge in [0.1, 0.15) is 10.7 Å². The molecule has 0 unspecified atom stereocenters. The van der Waals surface area contributed by atoms with Gasteiger partial charge < -0.3 is 0 Å². The standard InChI is InChI=1S/C15H10Cl2N2S2/c16-11-4-3-10(8-12(11)17)9-21-15-6-5-13(18-19-15)14-2-1-7-20-14/h1-8H,9H2. The maximum atomic E-state index is 6.01. The van der Waals surface area contributed by atoms with Crippen molar-refractivity contribution in [2.45, 2.75) is 10.8 Å². The zero-order valence-electron chi connectivity index (χ0n) is 10.8. The summed E-state index contributed by atoms with van der Waals surface area (Å²) in [6.45, 7) is 0. The fraction of sp³-hybridized carbons (Fsp3) is 0.0667. The van der Waals surface area contributed by atoms with Gasteiger partial charge in [-0.2, -0.15) is 0 Å². The molecule has 0 N–H and O–H groups in total. The molecule has 0 radical (unpaired) electrons. The van der Waals surface area contributed by atoms with E-state index in [-0.39, 0.29) is 0 Å². The lowest BCUT2D eigenvalue weighted by molar-refractivity contribution is 0.937. The van der Waals surface area contributed by atoms with Crippen molar-refractivity contribution in [3.05, 3.63) is 63.5 Å². The Bertz CT molecular complexity index is 728. The Kier molecular flexibility index (Phi) is 4.80. The van der Waals surface area contributed by atoms with Crippen LogP contribution in [-0.2, 0) is 5.75 Å². The normalized spacial score (nSPS) is 10.8. The molecule has 0 fully saturated rings. The monoisotopic (exact) mass is 352 g/mol. The van der Waals surface area contributed by atoms with Gasteiger partial charge in [0.05, 0.1) is 14.9 Å². The molecule has 21 heavy (non-hydrogen) atoms. The van der Waals surface area contributed by atoms with Crippen molar-refractivity contribution in [2.24, 2.45) is 0 Å². The molecule has 0 aliphatic rings. The van der Waals surface area contributed by atoms with Crippen molar-refractivity contribution in [3.63, 3.8) is 0 Å². The first-order chi connectivity index (χ1) is 10.2. The third kappa shape index (κ3) is 3.77. The van der Waals surface area contributed by atoms with Crippen molar-refractivity contribution >= 4 is 46.3 Å². The lowest BCUT2D eigenvalue weighted by Crippen LogP contribution is -1.89. The van der Waals surface area contributed by atoms with E-state index in [2.05, 4.69) is 10.2 Å². The minimum Gasteiger partial charge on any atom is -0.149 e. The number of thiophene rings is 1. The second-order valence-corrected chi connectivity index (χ2v) is 7.03. The summed E-state index contributed by atoms with van der Waals surface area (Å²) in [5, 5.41) is 12.6.